The van der Waals surface area contributed by atoms with Crippen LogP contribution in [0.25, 0.3) is 0 Å². The minimum Gasteiger partial charge on any atom is -0.493 e. The summed E-state index contributed by atoms with van der Waals surface area (Å²) < 4.78 is 11.3. The monoisotopic (exact) mass is 564 g/mol. The Kier molecular flexibility index (Phi) is 8.58. The zero-order chi connectivity index (χ0) is 29.1. The first kappa shape index (κ1) is 29.0. The molecule has 2 amide bonds. The Balaban J connectivity index is 1.32. The molecule has 1 spiro atoms. The molecule has 3 heterocycles. The van der Waals surface area contributed by atoms with Crippen molar-refractivity contribution in [2.75, 3.05) is 78.2 Å². The van der Waals surface area contributed by atoms with Gasteiger partial charge in [-0.1, -0.05) is 0 Å². The van der Waals surface area contributed by atoms with Gasteiger partial charge < -0.3 is 34.8 Å². The Morgan fingerprint density at radius 2 is 1.71 bits per heavy atom. The summed E-state index contributed by atoms with van der Waals surface area (Å²) in [6.45, 7) is 4.32. The number of ether oxygens (including phenoxy) is 2. The molecule has 1 aromatic carbocycles. The van der Waals surface area contributed by atoms with Crippen LogP contribution >= 0.6 is 0 Å². The molecule has 2 aromatic rings. The zero-order valence-corrected chi connectivity index (χ0v) is 24.9. The van der Waals surface area contributed by atoms with Gasteiger partial charge in [-0.15, -0.1) is 0 Å². The standard InChI is InChI=1S/C31H44N6O4/c1-34(2)13-9-29(38)37-14-8-23-19-26(40-3)27(41-4)21-25(23)31(37)10-5-22(6-11-31)30(39)36-17-15-35(16-18-36)24-7-12-33-28(32)20-24/h7,12,19-22H,5-6,8-11,13-18H2,1-4H3,(H2,32,33)/t22-,31-. The van der Waals surface area contributed by atoms with Gasteiger partial charge in [0.2, 0.25) is 11.8 Å². The molecule has 1 saturated carbocycles. The number of methoxy groups -OCH3 is 2. The molecule has 10 nitrogen and oxygen atoms in total. The van der Waals surface area contributed by atoms with Gasteiger partial charge in [-0.2, -0.15) is 0 Å². The Morgan fingerprint density at radius 1 is 1.02 bits per heavy atom. The van der Waals surface area contributed by atoms with Crippen LogP contribution in [0.4, 0.5) is 11.5 Å². The highest BCUT2D eigenvalue weighted by Crippen LogP contribution is 2.50. The van der Waals surface area contributed by atoms with Crippen LogP contribution in [0, 0.1) is 5.92 Å². The number of fused-ring (bicyclic) bond motifs is 2. The number of rotatable bonds is 7. The minimum absolute atomic E-state index is 0.0343. The van der Waals surface area contributed by atoms with E-state index in [0.29, 0.717) is 49.9 Å². The maximum Gasteiger partial charge on any atom is 0.225 e. The van der Waals surface area contributed by atoms with Crippen LogP contribution in [0.2, 0.25) is 0 Å². The summed E-state index contributed by atoms with van der Waals surface area (Å²) in [5.41, 5.74) is 8.84. The fourth-order valence-corrected chi connectivity index (χ4v) is 6.93. The van der Waals surface area contributed by atoms with E-state index in [4.69, 9.17) is 15.2 Å². The third-order valence-corrected chi connectivity index (χ3v) is 9.19. The second-order valence-corrected chi connectivity index (χ2v) is 11.8. The van der Waals surface area contributed by atoms with E-state index in [1.165, 1.54) is 5.56 Å². The number of aromatic nitrogens is 1. The average Bonchev–Trinajstić information content (AvgIpc) is 2.99. The molecule has 222 valence electrons. The first-order chi connectivity index (χ1) is 19.8. The number of piperazine rings is 1. The molecule has 0 bridgehead atoms. The van der Waals surface area contributed by atoms with Crippen LogP contribution < -0.4 is 20.1 Å². The quantitative estimate of drug-likeness (QED) is 0.548. The van der Waals surface area contributed by atoms with Gasteiger partial charge in [0.05, 0.1) is 19.8 Å². The topological polar surface area (TPSA) is 104 Å². The molecule has 2 N–H and O–H groups in total. The van der Waals surface area contributed by atoms with Gasteiger partial charge in [-0.05, 0) is 75.5 Å². The Labute approximate surface area is 243 Å². The maximum absolute atomic E-state index is 13.7. The Bertz CT molecular complexity index is 1250. The van der Waals surface area contributed by atoms with Crippen molar-refractivity contribution >= 4 is 23.3 Å². The van der Waals surface area contributed by atoms with E-state index in [0.717, 1.165) is 56.4 Å². The van der Waals surface area contributed by atoms with Gasteiger partial charge in [0.1, 0.15) is 5.82 Å². The van der Waals surface area contributed by atoms with Crippen molar-refractivity contribution in [3.63, 3.8) is 0 Å². The number of nitrogens with two attached hydrogens (primary N) is 1. The smallest absolute Gasteiger partial charge is 0.225 e. The molecule has 3 aliphatic rings. The lowest BCUT2D eigenvalue weighted by atomic mass is 9.68. The summed E-state index contributed by atoms with van der Waals surface area (Å²) >= 11 is 0. The number of amides is 2. The molecule has 1 aliphatic carbocycles. The van der Waals surface area contributed by atoms with Crippen LogP contribution in [0.1, 0.15) is 43.2 Å². The maximum atomic E-state index is 13.7. The van der Waals surface area contributed by atoms with Crippen LogP contribution in [0.15, 0.2) is 30.5 Å². The molecule has 1 saturated heterocycles. The van der Waals surface area contributed by atoms with Crippen molar-refractivity contribution in [1.29, 1.82) is 0 Å². The van der Waals surface area contributed by atoms with Gasteiger partial charge in [-0.25, -0.2) is 4.98 Å². The Hall–Kier alpha value is -3.53. The van der Waals surface area contributed by atoms with Crippen molar-refractivity contribution in [2.24, 2.45) is 5.92 Å². The summed E-state index contributed by atoms with van der Waals surface area (Å²) in [6.07, 6.45) is 6.01. The lowest BCUT2D eigenvalue weighted by Crippen LogP contribution is -2.56. The van der Waals surface area contributed by atoms with Gasteiger partial charge in [-0.3, -0.25) is 9.59 Å². The zero-order valence-electron chi connectivity index (χ0n) is 24.9. The van der Waals surface area contributed by atoms with Crippen molar-refractivity contribution in [3.05, 3.63) is 41.6 Å². The van der Waals surface area contributed by atoms with Crippen molar-refractivity contribution in [3.8, 4) is 11.5 Å². The number of pyridine rings is 1. The number of anilines is 2. The summed E-state index contributed by atoms with van der Waals surface area (Å²) in [6, 6.07) is 8.00. The van der Waals surface area contributed by atoms with Gasteiger partial charge in [0.25, 0.3) is 0 Å². The van der Waals surface area contributed by atoms with Crippen LogP contribution in [0.3, 0.4) is 0 Å². The molecule has 0 atom stereocenters. The molecule has 2 aliphatic heterocycles. The molecule has 10 heteroatoms. The van der Waals surface area contributed by atoms with E-state index < -0.39 is 5.54 Å². The third kappa shape index (κ3) is 5.80. The summed E-state index contributed by atoms with van der Waals surface area (Å²) in [5.74, 6) is 2.28. The van der Waals surface area contributed by atoms with E-state index in [1.54, 1.807) is 20.4 Å². The van der Waals surface area contributed by atoms with Gasteiger partial charge in [0, 0.05) is 69.6 Å². The number of carbonyl (C=O) groups is 2. The van der Waals surface area contributed by atoms with E-state index >= 15 is 0 Å². The largest absolute Gasteiger partial charge is 0.493 e. The number of nitrogen functional groups attached to an aromatic ring is 1. The molecule has 0 radical (unpaired) electrons. The van der Waals surface area contributed by atoms with Crippen molar-refractivity contribution < 1.29 is 19.1 Å². The SMILES string of the molecule is COc1cc2c(cc1OC)[C@]1(CC[C@@H](C(=O)N3CCN(c4ccnc(N)c4)CC3)CC1)N(C(=O)CCN(C)C)CC2. The summed E-state index contributed by atoms with van der Waals surface area (Å²) in [5, 5.41) is 0. The number of benzene rings is 1. The van der Waals surface area contributed by atoms with Gasteiger partial charge in [0.15, 0.2) is 11.5 Å². The fourth-order valence-electron chi connectivity index (χ4n) is 6.93. The number of nitrogens with zero attached hydrogens (tertiary/aromatic N) is 5. The first-order valence-corrected chi connectivity index (χ1v) is 14.7. The lowest BCUT2D eigenvalue weighted by molar-refractivity contribution is -0.144. The molecule has 41 heavy (non-hydrogen) atoms. The number of hydrogen-bond donors (Lipinski definition) is 1. The van der Waals surface area contributed by atoms with Crippen LogP contribution in [-0.4, -0.2) is 99.1 Å². The highest BCUT2D eigenvalue weighted by atomic mass is 16.5. The number of carbonyl (C=O) groups excluding carboxylic acids is 2. The highest BCUT2D eigenvalue weighted by Gasteiger charge is 2.48. The van der Waals surface area contributed by atoms with Crippen LogP contribution in [0.5, 0.6) is 11.5 Å². The summed E-state index contributed by atoms with van der Waals surface area (Å²) in [4.78, 5) is 39.9. The Morgan fingerprint density at radius 3 is 2.34 bits per heavy atom. The van der Waals surface area contributed by atoms with E-state index in [9.17, 15) is 9.59 Å². The normalized spacial score (nSPS) is 22.6. The number of hydrogen-bond acceptors (Lipinski definition) is 8. The average molecular weight is 565 g/mol. The van der Waals surface area contributed by atoms with E-state index in [2.05, 4.69) is 31.8 Å². The fraction of sp³-hybridized carbons (Fsp3) is 0.581. The second kappa shape index (κ2) is 12.1. The molecule has 1 aromatic heterocycles. The summed E-state index contributed by atoms with van der Waals surface area (Å²) in [7, 11) is 7.30. The van der Waals surface area contributed by atoms with E-state index in [-0.39, 0.29) is 17.7 Å². The van der Waals surface area contributed by atoms with E-state index in [1.807, 2.05) is 31.1 Å². The predicted molar refractivity (Wildman–Crippen MR) is 159 cm³/mol. The molecular weight excluding hydrogens is 520 g/mol. The lowest BCUT2D eigenvalue weighted by Gasteiger charge is -2.52. The highest BCUT2D eigenvalue weighted by molar-refractivity contribution is 5.80. The van der Waals surface area contributed by atoms with Gasteiger partial charge >= 0.3 is 0 Å². The van der Waals surface area contributed by atoms with Crippen LogP contribution in [-0.2, 0) is 21.5 Å². The molecule has 0 unspecified atom stereocenters. The molecular formula is C31H44N6O4. The molecule has 2 fully saturated rings. The van der Waals surface area contributed by atoms with Crippen molar-refractivity contribution in [1.82, 2.24) is 19.7 Å². The third-order valence-electron chi connectivity index (χ3n) is 9.19. The first-order valence-electron chi connectivity index (χ1n) is 14.7. The molecule has 5 rings (SSSR count). The second-order valence-electron chi connectivity index (χ2n) is 11.8. The van der Waals surface area contributed by atoms with Crippen molar-refractivity contribution in [2.45, 2.75) is 44.1 Å². The predicted octanol–water partition coefficient (Wildman–Crippen LogP) is 2.75. The minimum atomic E-state index is -0.437.